The molecular formula is C16H15NO. The van der Waals surface area contributed by atoms with Gasteiger partial charge in [0.05, 0.1) is 12.8 Å². The Kier molecular flexibility index (Phi) is 2.56. The van der Waals surface area contributed by atoms with E-state index < -0.39 is 0 Å². The first-order valence-corrected chi connectivity index (χ1v) is 6.01. The Hall–Kier alpha value is -2.22. The summed E-state index contributed by atoms with van der Waals surface area (Å²) in [5, 5.41) is 0. The number of methoxy groups -OCH3 is 1. The topological polar surface area (TPSA) is 13.6 Å². The third-order valence-corrected chi connectivity index (χ3v) is 3.26. The summed E-state index contributed by atoms with van der Waals surface area (Å²) < 4.78 is 7.65. The molecule has 0 amide bonds. The predicted molar refractivity (Wildman–Crippen MR) is 74.1 cm³/mol. The van der Waals surface area contributed by atoms with Crippen molar-refractivity contribution in [1.82, 2.24) is 4.40 Å². The van der Waals surface area contributed by atoms with E-state index in [1.807, 2.05) is 24.3 Å². The second-order valence-electron chi connectivity index (χ2n) is 4.37. The lowest BCUT2D eigenvalue weighted by molar-refractivity contribution is 0.416. The first kappa shape index (κ1) is 10.9. The van der Waals surface area contributed by atoms with Gasteiger partial charge in [-0.15, -0.1) is 0 Å². The van der Waals surface area contributed by atoms with Crippen molar-refractivity contribution in [2.75, 3.05) is 7.11 Å². The van der Waals surface area contributed by atoms with Gasteiger partial charge in [0.2, 0.25) is 0 Å². The third kappa shape index (κ3) is 1.58. The zero-order valence-corrected chi connectivity index (χ0v) is 10.6. The van der Waals surface area contributed by atoms with Crippen molar-refractivity contribution in [2.45, 2.75) is 6.92 Å². The third-order valence-electron chi connectivity index (χ3n) is 3.26. The number of ether oxygens (including phenoxy) is 1. The van der Waals surface area contributed by atoms with Crippen molar-refractivity contribution in [3.8, 4) is 17.0 Å². The Morgan fingerprint density at radius 1 is 1.00 bits per heavy atom. The summed E-state index contributed by atoms with van der Waals surface area (Å²) >= 11 is 0. The number of aromatic nitrogens is 1. The van der Waals surface area contributed by atoms with E-state index in [1.165, 1.54) is 16.8 Å². The number of nitrogens with zero attached hydrogens (tertiary/aromatic N) is 1. The first-order valence-electron chi connectivity index (χ1n) is 6.01. The summed E-state index contributed by atoms with van der Waals surface area (Å²) in [7, 11) is 1.71. The van der Waals surface area contributed by atoms with Crippen LogP contribution in [0.2, 0.25) is 0 Å². The fourth-order valence-corrected chi connectivity index (χ4v) is 2.39. The van der Waals surface area contributed by atoms with Crippen molar-refractivity contribution in [3.05, 3.63) is 60.3 Å². The van der Waals surface area contributed by atoms with Crippen LogP contribution in [0.15, 0.2) is 54.7 Å². The molecule has 90 valence electrons. The Balaban J connectivity index is 2.32. The van der Waals surface area contributed by atoms with Crippen LogP contribution >= 0.6 is 0 Å². The molecule has 1 aromatic carbocycles. The maximum absolute atomic E-state index is 5.44. The number of para-hydroxylation sites is 1. The molecule has 2 heterocycles. The van der Waals surface area contributed by atoms with Gasteiger partial charge in [0.25, 0.3) is 0 Å². The molecule has 0 fully saturated rings. The van der Waals surface area contributed by atoms with Crippen LogP contribution in [0, 0.1) is 6.92 Å². The Morgan fingerprint density at radius 2 is 1.78 bits per heavy atom. The molecule has 2 nitrogen and oxygen atoms in total. The predicted octanol–water partition coefficient (Wildman–Crippen LogP) is 3.92. The molecular weight excluding hydrogens is 222 g/mol. The van der Waals surface area contributed by atoms with Gasteiger partial charge in [-0.3, -0.25) is 0 Å². The molecule has 0 aliphatic carbocycles. The number of fused-ring (bicyclic) bond motifs is 1. The largest absolute Gasteiger partial charge is 0.496 e. The number of pyridine rings is 1. The van der Waals surface area contributed by atoms with Crippen LogP contribution in [0.4, 0.5) is 0 Å². The second-order valence-corrected chi connectivity index (χ2v) is 4.37. The lowest BCUT2D eigenvalue weighted by Gasteiger charge is -2.08. The molecule has 0 spiro atoms. The molecule has 3 aromatic rings. The van der Waals surface area contributed by atoms with Gasteiger partial charge in [0, 0.05) is 17.3 Å². The highest BCUT2D eigenvalue weighted by Gasteiger charge is 2.11. The monoisotopic (exact) mass is 237 g/mol. The summed E-state index contributed by atoms with van der Waals surface area (Å²) in [4.78, 5) is 0. The summed E-state index contributed by atoms with van der Waals surface area (Å²) in [5.41, 5.74) is 4.80. The SMILES string of the molecule is COc1ccccc1-c1cc(C)c2ccccn12. The van der Waals surface area contributed by atoms with E-state index in [4.69, 9.17) is 4.74 Å². The van der Waals surface area contributed by atoms with Gasteiger partial charge in [-0.1, -0.05) is 18.2 Å². The quantitative estimate of drug-likeness (QED) is 0.658. The van der Waals surface area contributed by atoms with Crippen molar-refractivity contribution < 1.29 is 4.74 Å². The summed E-state index contributed by atoms with van der Waals surface area (Å²) in [5.74, 6) is 0.903. The molecule has 0 aliphatic heterocycles. The lowest BCUT2D eigenvalue weighted by atomic mass is 10.1. The van der Waals surface area contributed by atoms with E-state index in [9.17, 15) is 0 Å². The average Bonchev–Trinajstić information content (AvgIpc) is 2.77. The summed E-state index contributed by atoms with van der Waals surface area (Å²) in [6, 6.07) is 16.6. The zero-order chi connectivity index (χ0) is 12.5. The number of aryl methyl sites for hydroxylation is 1. The van der Waals surface area contributed by atoms with Gasteiger partial charge in [-0.25, -0.2) is 0 Å². The Bertz CT molecular complexity index is 697. The maximum Gasteiger partial charge on any atom is 0.128 e. The van der Waals surface area contributed by atoms with Crippen LogP contribution in [0.5, 0.6) is 5.75 Å². The highest BCUT2D eigenvalue weighted by atomic mass is 16.5. The molecule has 0 N–H and O–H groups in total. The Morgan fingerprint density at radius 3 is 2.61 bits per heavy atom. The molecule has 0 unspecified atom stereocenters. The number of rotatable bonds is 2. The van der Waals surface area contributed by atoms with Crippen LogP contribution in [0.3, 0.4) is 0 Å². The molecule has 2 aromatic heterocycles. The van der Waals surface area contributed by atoms with E-state index >= 15 is 0 Å². The number of hydrogen-bond acceptors (Lipinski definition) is 1. The van der Waals surface area contributed by atoms with E-state index in [1.54, 1.807) is 7.11 Å². The van der Waals surface area contributed by atoms with E-state index in [2.05, 4.69) is 41.8 Å². The van der Waals surface area contributed by atoms with E-state index in [0.29, 0.717) is 0 Å². The maximum atomic E-state index is 5.44. The summed E-state index contributed by atoms with van der Waals surface area (Å²) in [6.45, 7) is 2.13. The summed E-state index contributed by atoms with van der Waals surface area (Å²) in [6.07, 6.45) is 2.09. The molecule has 18 heavy (non-hydrogen) atoms. The first-order chi connectivity index (χ1) is 8.81. The normalized spacial score (nSPS) is 10.8. The van der Waals surface area contributed by atoms with Gasteiger partial charge >= 0.3 is 0 Å². The smallest absolute Gasteiger partial charge is 0.128 e. The molecule has 0 atom stereocenters. The van der Waals surface area contributed by atoms with Crippen molar-refractivity contribution in [1.29, 1.82) is 0 Å². The molecule has 2 heteroatoms. The van der Waals surface area contributed by atoms with Crippen LogP contribution < -0.4 is 4.74 Å². The molecule has 0 aliphatic rings. The average molecular weight is 237 g/mol. The van der Waals surface area contributed by atoms with Crippen molar-refractivity contribution in [3.63, 3.8) is 0 Å². The van der Waals surface area contributed by atoms with Gasteiger partial charge in [-0.05, 0) is 42.8 Å². The van der Waals surface area contributed by atoms with Crippen LogP contribution in [-0.2, 0) is 0 Å². The highest BCUT2D eigenvalue weighted by molar-refractivity contribution is 5.74. The minimum absolute atomic E-state index is 0.903. The van der Waals surface area contributed by atoms with E-state index in [-0.39, 0.29) is 0 Å². The van der Waals surface area contributed by atoms with Crippen LogP contribution in [0.1, 0.15) is 5.56 Å². The van der Waals surface area contributed by atoms with Gasteiger partial charge in [0.15, 0.2) is 0 Å². The minimum atomic E-state index is 0.903. The van der Waals surface area contributed by atoms with Gasteiger partial charge in [0.1, 0.15) is 5.75 Å². The van der Waals surface area contributed by atoms with Crippen molar-refractivity contribution in [2.24, 2.45) is 0 Å². The highest BCUT2D eigenvalue weighted by Crippen LogP contribution is 2.32. The zero-order valence-electron chi connectivity index (χ0n) is 10.6. The Labute approximate surface area is 106 Å². The number of benzene rings is 1. The molecule has 0 radical (unpaired) electrons. The fourth-order valence-electron chi connectivity index (χ4n) is 2.39. The standard InChI is InChI=1S/C16H15NO/c1-12-11-15(17-10-6-5-8-14(12)17)13-7-3-4-9-16(13)18-2/h3-11H,1-2H3. The minimum Gasteiger partial charge on any atom is -0.496 e. The van der Waals surface area contributed by atoms with Gasteiger partial charge < -0.3 is 9.14 Å². The molecule has 0 saturated carbocycles. The van der Waals surface area contributed by atoms with Crippen molar-refractivity contribution >= 4 is 5.52 Å². The lowest BCUT2D eigenvalue weighted by Crippen LogP contribution is -1.91. The van der Waals surface area contributed by atoms with Crippen LogP contribution in [-0.4, -0.2) is 11.5 Å². The van der Waals surface area contributed by atoms with Crippen LogP contribution in [0.25, 0.3) is 16.8 Å². The molecule has 0 saturated heterocycles. The van der Waals surface area contributed by atoms with Gasteiger partial charge in [-0.2, -0.15) is 0 Å². The fraction of sp³-hybridized carbons (Fsp3) is 0.125. The van der Waals surface area contributed by atoms with E-state index in [0.717, 1.165) is 11.3 Å². The molecule has 3 rings (SSSR count). The second kappa shape index (κ2) is 4.22. The number of hydrogen-bond donors (Lipinski definition) is 0. The molecule has 0 bridgehead atoms.